The number of anilines is 1. The third-order valence-electron chi connectivity index (χ3n) is 2.67. The summed E-state index contributed by atoms with van der Waals surface area (Å²) in [6.07, 6.45) is 3.07. The summed E-state index contributed by atoms with van der Waals surface area (Å²) in [6.45, 7) is 6.35. The van der Waals surface area contributed by atoms with Gasteiger partial charge in [-0.3, -0.25) is 0 Å². The van der Waals surface area contributed by atoms with Gasteiger partial charge in [0.15, 0.2) is 0 Å². The highest BCUT2D eigenvalue weighted by molar-refractivity contribution is 9.09. The molecule has 0 aromatic carbocycles. The Balaban J connectivity index is 2.16. The third-order valence-corrected chi connectivity index (χ3v) is 3.34. The van der Waals surface area contributed by atoms with Crippen molar-refractivity contribution in [2.24, 2.45) is 5.92 Å². The number of piperidine rings is 1. The van der Waals surface area contributed by atoms with E-state index >= 15 is 0 Å². The van der Waals surface area contributed by atoms with Crippen molar-refractivity contribution in [1.29, 1.82) is 0 Å². The number of hydrogen-bond acceptors (Lipinski definition) is 3. The molecule has 1 aliphatic heterocycles. The van der Waals surface area contributed by atoms with E-state index in [1.54, 1.807) is 0 Å². The number of hydrogen-bond donors (Lipinski definition) is 0. The van der Waals surface area contributed by atoms with Gasteiger partial charge in [0.2, 0.25) is 5.95 Å². The van der Waals surface area contributed by atoms with E-state index in [9.17, 15) is 0 Å². The van der Waals surface area contributed by atoms with Crippen molar-refractivity contribution >= 4 is 21.9 Å². The second-order valence-electron chi connectivity index (χ2n) is 4.34. The zero-order valence-corrected chi connectivity index (χ0v) is 10.7. The maximum atomic E-state index is 4.46. The highest BCUT2D eigenvalue weighted by Crippen LogP contribution is 2.24. The van der Waals surface area contributed by atoms with Crippen LogP contribution in [0.25, 0.3) is 0 Å². The van der Waals surface area contributed by atoms with Crippen LogP contribution in [0.2, 0.25) is 0 Å². The Hall–Kier alpha value is -0.640. The van der Waals surface area contributed by atoms with Crippen molar-refractivity contribution in [2.45, 2.75) is 25.1 Å². The molecule has 1 fully saturated rings. The summed E-state index contributed by atoms with van der Waals surface area (Å²) >= 11 is 3.69. The molecule has 1 aromatic heterocycles. The van der Waals surface area contributed by atoms with E-state index in [4.69, 9.17) is 0 Å². The van der Waals surface area contributed by atoms with E-state index in [1.165, 1.54) is 6.42 Å². The van der Waals surface area contributed by atoms with Crippen LogP contribution in [0.5, 0.6) is 0 Å². The minimum atomic E-state index is 0.561. The number of halogens is 1. The van der Waals surface area contributed by atoms with E-state index in [-0.39, 0.29) is 0 Å². The lowest BCUT2D eigenvalue weighted by atomic mass is 10.0. The first-order chi connectivity index (χ1) is 7.15. The number of rotatable bonds is 1. The van der Waals surface area contributed by atoms with Gasteiger partial charge in [-0.25, -0.2) is 9.97 Å². The monoisotopic (exact) mass is 269 g/mol. The molecule has 0 spiro atoms. The molecule has 1 aromatic rings. The molecule has 0 aliphatic carbocycles. The fourth-order valence-corrected chi connectivity index (χ4v) is 3.01. The van der Waals surface area contributed by atoms with Crippen LogP contribution in [0.4, 0.5) is 5.95 Å². The van der Waals surface area contributed by atoms with Gasteiger partial charge in [0.05, 0.1) is 0 Å². The molecule has 0 radical (unpaired) electrons. The van der Waals surface area contributed by atoms with Gasteiger partial charge in [0.1, 0.15) is 0 Å². The molecular weight excluding hydrogens is 254 g/mol. The van der Waals surface area contributed by atoms with Gasteiger partial charge in [-0.15, -0.1) is 0 Å². The second kappa shape index (κ2) is 4.47. The number of aromatic nitrogens is 2. The van der Waals surface area contributed by atoms with Gasteiger partial charge in [-0.05, 0) is 25.3 Å². The summed E-state index contributed by atoms with van der Waals surface area (Å²) in [7, 11) is 0. The van der Waals surface area contributed by atoms with Crippen molar-refractivity contribution in [3.05, 3.63) is 18.0 Å². The van der Waals surface area contributed by atoms with Crippen LogP contribution in [0.1, 0.15) is 19.0 Å². The average Bonchev–Trinajstić information content (AvgIpc) is 2.16. The molecule has 2 heterocycles. The lowest BCUT2D eigenvalue weighted by Crippen LogP contribution is -2.41. The van der Waals surface area contributed by atoms with Crippen LogP contribution < -0.4 is 4.90 Å². The summed E-state index contributed by atoms with van der Waals surface area (Å²) in [4.78, 5) is 11.6. The normalized spacial score (nSPS) is 26.7. The Morgan fingerprint density at radius 3 is 2.93 bits per heavy atom. The first kappa shape index (κ1) is 10.9. The van der Waals surface area contributed by atoms with E-state index in [1.807, 2.05) is 19.2 Å². The number of aryl methyl sites for hydroxylation is 1. The predicted molar refractivity (Wildman–Crippen MR) is 65.5 cm³/mol. The first-order valence-corrected chi connectivity index (χ1v) is 6.25. The topological polar surface area (TPSA) is 29.0 Å². The molecule has 2 rings (SSSR count). The third kappa shape index (κ3) is 2.68. The van der Waals surface area contributed by atoms with Crippen molar-refractivity contribution in [3.8, 4) is 0 Å². The van der Waals surface area contributed by atoms with Crippen LogP contribution in [0, 0.1) is 12.8 Å². The Morgan fingerprint density at radius 1 is 1.47 bits per heavy atom. The Morgan fingerprint density at radius 2 is 2.27 bits per heavy atom. The highest BCUT2D eigenvalue weighted by Gasteiger charge is 2.24. The Bertz CT molecular complexity index is 332. The summed E-state index contributed by atoms with van der Waals surface area (Å²) in [5, 5.41) is 0. The maximum Gasteiger partial charge on any atom is 0.225 e. The van der Waals surface area contributed by atoms with Gasteiger partial charge in [-0.2, -0.15) is 0 Å². The summed E-state index contributed by atoms with van der Waals surface area (Å²) < 4.78 is 0. The van der Waals surface area contributed by atoms with Gasteiger partial charge >= 0.3 is 0 Å². The van der Waals surface area contributed by atoms with Crippen LogP contribution in [0.15, 0.2) is 12.3 Å². The Kier molecular flexibility index (Phi) is 3.24. The number of alkyl halides is 1. The standard InChI is InChI=1S/C11H16BrN3/c1-8-5-10(12)7-15(6-8)11-13-4-3-9(2)14-11/h3-4,8,10H,5-7H2,1-2H3. The molecule has 1 saturated heterocycles. The zero-order valence-electron chi connectivity index (χ0n) is 9.15. The smallest absolute Gasteiger partial charge is 0.225 e. The summed E-state index contributed by atoms with van der Waals surface area (Å²) in [5.74, 6) is 1.57. The van der Waals surface area contributed by atoms with Crippen molar-refractivity contribution < 1.29 is 0 Å². The predicted octanol–water partition coefficient (Wildman–Crippen LogP) is 2.39. The number of nitrogens with zero attached hydrogens (tertiary/aromatic N) is 3. The van der Waals surface area contributed by atoms with E-state index in [0.29, 0.717) is 10.7 Å². The molecule has 3 nitrogen and oxygen atoms in total. The molecule has 15 heavy (non-hydrogen) atoms. The molecule has 82 valence electrons. The van der Waals surface area contributed by atoms with Crippen LogP contribution >= 0.6 is 15.9 Å². The van der Waals surface area contributed by atoms with Crippen molar-refractivity contribution in [2.75, 3.05) is 18.0 Å². The lowest BCUT2D eigenvalue weighted by Gasteiger charge is -2.34. The van der Waals surface area contributed by atoms with Gasteiger partial charge in [-0.1, -0.05) is 22.9 Å². The molecule has 0 amide bonds. The quantitative estimate of drug-likeness (QED) is 0.734. The molecule has 0 N–H and O–H groups in total. The van der Waals surface area contributed by atoms with Crippen LogP contribution in [-0.4, -0.2) is 27.9 Å². The van der Waals surface area contributed by atoms with Crippen molar-refractivity contribution in [1.82, 2.24) is 9.97 Å². The SMILES string of the molecule is Cc1ccnc(N2CC(C)CC(Br)C2)n1. The average molecular weight is 270 g/mol. The van der Waals surface area contributed by atoms with E-state index < -0.39 is 0 Å². The second-order valence-corrected chi connectivity index (χ2v) is 5.64. The van der Waals surface area contributed by atoms with Crippen LogP contribution in [-0.2, 0) is 0 Å². The zero-order chi connectivity index (χ0) is 10.8. The molecule has 4 heteroatoms. The minimum Gasteiger partial charge on any atom is -0.339 e. The van der Waals surface area contributed by atoms with Gasteiger partial charge in [0, 0.05) is 29.8 Å². The molecule has 0 bridgehead atoms. The molecule has 0 saturated carbocycles. The van der Waals surface area contributed by atoms with Gasteiger partial charge < -0.3 is 4.90 Å². The minimum absolute atomic E-state index is 0.561. The molecule has 2 unspecified atom stereocenters. The van der Waals surface area contributed by atoms with Crippen molar-refractivity contribution in [3.63, 3.8) is 0 Å². The van der Waals surface area contributed by atoms with Crippen LogP contribution in [0.3, 0.4) is 0 Å². The highest BCUT2D eigenvalue weighted by atomic mass is 79.9. The van der Waals surface area contributed by atoms with E-state index in [2.05, 4.69) is 37.7 Å². The fourth-order valence-electron chi connectivity index (χ4n) is 2.03. The van der Waals surface area contributed by atoms with E-state index in [0.717, 1.165) is 24.7 Å². The lowest BCUT2D eigenvalue weighted by molar-refractivity contribution is 0.454. The fraction of sp³-hybridized carbons (Fsp3) is 0.636. The summed E-state index contributed by atoms with van der Waals surface area (Å²) in [6, 6.07) is 1.93. The Labute approximate surface area is 99.0 Å². The summed E-state index contributed by atoms with van der Waals surface area (Å²) in [5.41, 5.74) is 1.03. The first-order valence-electron chi connectivity index (χ1n) is 5.34. The van der Waals surface area contributed by atoms with Gasteiger partial charge in [0.25, 0.3) is 0 Å². The molecule has 2 atom stereocenters. The maximum absolute atomic E-state index is 4.46. The molecular formula is C11H16BrN3. The molecule has 1 aliphatic rings. The largest absolute Gasteiger partial charge is 0.339 e.